The summed E-state index contributed by atoms with van der Waals surface area (Å²) in [7, 11) is 0. The van der Waals surface area contributed by atoms with E-state index in [1.54, 1.807) is 22.7 Å². The average Bonchev–Trinajstić information content (AvgIpc) is 3.39. The highest BCUT2D eigenvalue weighted by atomic mass is 32.1. The molecule has 1 aliphatic rings. The smallest absolute Gasteiger partial charge is 0.279 e. The van der Waals surface area contributed by atoms with Gasteiger partial charge in [0.25, 0.3) is 5.19 Å². The fraction of sp³-hybridized carbons (Fsp3) is 0.227. The molecule has 4 aromatic rings. The molecule has 0 spiro atoms. The Morgan fingerprint density at radius 3 is 2.50 bits per heavy atom. The predicted octanol–water partition coefficient (Wildman–Crippen LogP) is 5.47. The second-order valence-corrected chi connectivity index (χ2v) is 8.71. The van der Waals surface area contributed by atoms with Crippen molar-refractivity contribution in [1.29, 1.82) is 0 Å². The highest BCUT2D eigenvalue weighted by Gasteiger charge is 2.17. The van der Waals surface area contributed by atoms with Crippen LogP contribution in [-0.2, 0) is 6.54 Å². The summed E-state index contributed by atoms with van der Waals surface area (Å²) in [5.41, 5.74) is 3.67. The van der Waals surface area contributed by atoms with Crippen molar-refractivity contribution in [2.75, 3.05) is 31.1 Å². The Kier molecular flexibility index (Phi) is 4.99. The van der Waals surface area contributed by atoms with Crippen molar-refractivity contribution < 1.29 is 4.74 Å². The zero-order valence-corrected chi connectivity index (χ0v) is 17.1. The third kappa shape index (κ3) is 3.90. The second kappa shape index (κ2) is 7.91. The highest BCUT2D eigenvalue weighted by Crippen LogP contribution is 2.31. The number of thiazole rings is 1. The van der Waals surface area contributed by atoms with Crippen molar-refractivity contribution in [1.82, 2.24) is 9.88 Å². The summed E-state index contributed by atoms with van der Waals surface area (Å²) in [4.78, 5) is 9.53. The van der Waals surface area contributed by atoms with Gasteiger partial charge in [-0.3, -0.25) is 4.90 Å². The standard InChI is InChI=1S/C22H21N3OS2/c1-2-4-21-20(3-1)23-22(28-21)26-19-7-5-17(6-8-19)15-24-10-12-25(13-11-24)18-9-14-27-16-18/h1-9,14,16H,10-13,15H2. The summed E-state index contributed by atoms with van der Waals surface area (Å²) in [5.74, 6) is 0.838. The van der Waals surface area contributed by atoms with E-state index in [1.165, 1.54) is 11.3 Å². The van der Waals surface area contributed by atoms with Crippen LogP contribution in [0.25, 0.3) is 10.2 Å². The summed E-state index contributed by atoms with van der Waals surface area (Å²) >= 11 is 3.35. The van der Waals surface area contributed by atoms with Gasteiger partial charge < -0.3 is 9.64 Å². The Hall–Kier alpha value is -2.41. The first-order chi connectivity index (χ1) is 13.8. The molecule has 1 fully saturated rings. The van der Waals surface area contributed by atoms with E-state index in [2.05, 4.69) is 49.8 Å². The lowest BCUT2D eigenvalue weighted by molar-refractivity contribution is 0.250. The number of anilines is 1. The molecule has 142 valence electrons. The molecular formula is C22H21N3OS2. The molecule has 3 heterocycles. The van der Waals surface area contributed by atoms with Crippen LogP contribution in [0.4, 0.5) is 5.69 Å². The fourth-order valence-corrected chi connectivity index (χ4v) is 5.02. The van der Waals surface area contributed by atoms with Crippen LogP contribution in [-0.4, -0.2) is 36.1 Å². The number of hydrogen-bond donors (Lipinski definition) is 0. The van der Waals surface area contributed by atoms with Gasteiger partial charge in [0, 0.05) is 43.8 Å². The van der Waals surface area contributed by atoms with Gasteiger partial charge in [-0.2, -0.15) is 11.3 Å². The summed E-state index contributed by atoms with van der Waals surface area (Å²) in [6.45, 7) is 5.36. The first-order valence-electron chi connectivity index (χ1n) is 9.45. The number of rotatable bonds is 5. The van der Waals surface area contributed by atoms with Crippen molar-refractivity contribution >= 4 is 38.6 Å². The van der Waals surface area contributed by atoms with Gasteiger partial charge >= 0.3 is 0 Å². The van der Waals surface area contributed by atoms with E-state index in [1.807, 2.05) is 30.3 Å². The quantitative estimate of drug-likeness (QED) is 0.438. The number of para-hydroxylation sites is 1. The van der Waals surface area contributed by atoms with Crippen molar-refractivity contribution in [2.45, 2.75) is 6.54 Å². The second-order valence-electron chi connectivity index (χ2n) is 6.94. The fourth-order valence-electron chi connectivity index (χ4n) is 3.52. The average molecular weight is 408 g/mol. The van der Waals surface area contributed by atoms with Gasteiger partial charge in [0.2, 0.25) is 0 Å². The van der Waals surface area contributed by atoms with Crippen LogP contribution in [0.3, 0.4) is 0 Å². The molecule has 0 aliphatic carbocycles. The minimum absolute atomic E-state index is 0.693. The lowest BCUT2D eigenvalue weighted by Gasteiger charge is -2.35. The molecule has 0 amide bonds. The van der Waals surface area contributed by atoms with E-state index in [0.29, 0.717) is 5.19 Å². The van der Waals surface area contributed by atoms with Crippen LogP contribution in [0.1, 0.15) is 5.56 Å². The largest absolute Gasteiger partial charge is 0.431 e. The summed E-state index contributed by atoms with van der Waals surface area (Å²) in [6, 6.07) is 18.7. The molecule has 2 aromatic heterocycles. The Morgan fingerprint density at radius 1 is 0.929 bits per heavy atom. The van der Waals surface area contributed by atoms with Gasteiger partial charge in [-0.05, 0) is 41.3 Å². The molecule has 28 heavy (non-hydrogen) atoms. The van der Waals surface area contributed by atoms with Crippen LogP contribution >= 0.6 is 22.7 Å². The Balaban J connectivity index is 1.17. The van der Waals surface area contributed by atoms with Crippen LogP contribution in [0.15, 0.2) is 65.4 Å². The van der Waals surface area contributed by atoms with Crippen LogP contribution in [0.5, 0.6) is 10.9 Å². The Morgan fingerprint density at radius 2 is 1.75 bits per heavy atom. The van der Waals surface area contributed by atoms with Gasteiger partial charge in [-0.15, -0.1) is 0 Å². The van der Waals surface area contributed by atoms with E-state index in [-0.39, 0.29) is 0 Å². The van der Waals surface area contributed by atoms with Crippen molar-refractivity contribution in [3.05, 3.63) is 70.9 Å². The number of thiophene rings is 1. The SMILES string of the molecule is c1ccc2sc(Oc3ccc(CN4CCN(c5ccsc5)CC4)cc3)nc2c1. The van der Waals surface area contributed by atoms with Crippen molar-refractivity contribution in [2.24, 2.45) is 0 Å². The molecule has 0 atom stereocenters. The summed E-state index contributed by atoms with van der Waals surface area (Å²) in [6.07, 6.45) is 0. The van der Waals surface area contributed by atoms with Gasteiger partial charge in [0.05, 0.1) is 10.2 Å². The van der Waals surface area contributed by atoms with E-state index >= 15 is 0 Å². The molecule has 0 saturated carbocycles. The first-order valence-corrected chi connectivity index (χ1v) is 11.2. The Labute approximate surface area is 172 Å². The van der Waals surface area contributed by atoms with E-state index in [0.717, 1.165) is 48.7 Å². The molecule has 4 nitrogen and oxygen atoms in total. The minimum atomic E-state index is 0.693. The molecule has 2 aromatic carbocycles. The minimum Gasteiger partial charge on any atom is -0.431 e. The highest BCUT2D eigenvalue weighted by molar-refractivity contribution is 7.20. The number of piperazine rings is 1. The molecule has 0 bridgehead atoms. The van der Waals surface area contributed by atoms with Gasteiger partial charge in [-0.25, -0.2) is 4.98 Å². The number of aromatic nitrogens is 1. The lowest BCUT2D eigenvalue weighted by atomic mass is 10.2. The number of fused-ring (bicyclic) bond motifs is 1. The molecule has 5 rings (SSSR count). The number of ether oxygens (including phenoxy) is 1. The van der Waals surface area contributed by atoms with Crippen LogP contribution in [0.2, 0.25) is 0 Å². The molecule has 0 unspecified atom stereocenters. The number of benzene rings is 2. The number of nitrogens with zero attached hydrogens (tertiary/aromatic N) is 3. The third-order valence-electron chi connectivity index (χ3n) is 5.05. The van der Waals surface area contributed by atoms with E-state index < -0.39 is 0 Å². The molecule has 0 N–H and O–H groups in total. The summed E-state index contributed by atoms with van der Waals surface area (Å²) < 4.78 is 7.10. The molecule has 6 heteroatoms. The molecule has 0 radical (unpaired) electrons. The van der Waals surface area contributed by atoms with E-state index in [4.69, 9.17) is 4.74 Å². The first kappa shape index (κ1) is 17.7. The van der Waals surface area contributed by atoms with Crippen molar-refractivity contribution in [3.63, 3.8) is 0 Å². The van der Waals surface area contributed by atoms with Gasteiger partial charge in [0.1, 0.15) is 5.75 Å². The number of hydrogen-bond acceptors (Lipinski definition) is 6. The zero-order chi connectivity index (χ0) is 18.8. The molecular weight excluding hydrogens is 386 g/mol. The maximum atomic E-state index is 5.95. The lowest BCUT2D eigenvalue weighted by Crippen LogP contribution is -2.45. The van der Waals surface area contributed by atoms with Crippen LogP contribution < -0.4 is 9.64 Å². The zero-order valence-electron chi connectivity index (χ0n) is 15.5. The normalized spacial score (nSPS) is 15.2. The van der Waals surface area contributed by atoms with E-state index in [9.17, 15) is 0 Å². The van der Waals surface area contributed by atoms with Gasteiger partial charge in [-0.1, -0.05) is 35.6 Å². The Bertz CT molecular complexity index is 1000. The van der Waals surface area contributed by atoms with Crippen molar-refractivity contribution in [3.8, 4) is 10.9 Å². The predicted molar refractivity (Wildman–Crippen MR) is 118 cm³/mol. The maximum absolute atomic E-state index is 5.95. The molecule has 1 aliphatic heterocycles. The van der Waals surface area contributed by atoms with Crippen LogP contribution in [0, 0.1) is 0 Å². The monoisotopic (exact) mass is 407 g/mol. The topological polar surface area (TPSA) is 28.6 Å². The van der Waals surface area contributed by atoms with Gasteiger partial charge in [0.15, 0.2) is 0 Å². The third-order valence-corrected chi connectivity index (χ3v) is 6.64. The molecule has 1 saturated heterocycles. The summed E-state index contributed by atoms with van der Waals surface area (Å²) in [5, 5.41) is 5.08. The maximum Gasteiger partial charge on any atom is 0.279 e.